The number of nitrogens with zero attached hydrogens (tertiary/aromatic N) is 1. The minimum atomic E-state index is -0.201. The minimum Gasteiger partial charge on any atom is -0.336 e. The Labute approximate surface area is 149 Å². The van der Waals surface area contributed by atoms with E-state index in [-0.39, 0.29) is 30.6 Å². The topological polar surface area (TPSA) is 78.5 Å². The van der Waals surface area contributed by atoms with Crippen LogP contribution in [0.15, 0.2) is 36.4 Å². The first-order chi connectivity index (χ1) is 12.0. The van der Waals surface area contributed by atoms with E-state index in [1.54, 1.807) is 35.2 Å². The van der Waals surface area contributed by atoms with Gasteiger partial charge in [0.15, 0.2) is 5.78 Å². The molecule has 1 saturated heterocycles. The first-order valence-electron chi connectivity index (χ1n) is 8.08. The van der Waals surface area contributed by atoms with Crippen LogP contribution in [0, 0.1) is 6.92 Å². The quantitative estimate of drug-likeness (QED) is 0.780. The predicted molar refractivity (Wildman–Crippen MR) is 98.4 cm³/mol. The maximum absolute atomic E-state index is 12.0. The number of benzene rings is 1. The number of Topliss-reactive ketones (excluding diaryl/α,β-unsaturated/α-hetero) is 1. The van der Waals surface area contributed by atoms with Gasteiger partial charge in [-0.15, -0.1) is 11.3 Å². The predicted octanol–water partition coefficient (Wildman–Crippen LogP) is 3.19. The maximum atomic E-state index is 12.0. The van der Waals surface area contributed by atoms with Crippen molar-refractivity contribution in [2.75, 3.05) is 23.3 Å². The highest BCUT2D eigenvalue weighted by atomic mass is 32.1. The molecule has 1 aromatic carbocycles. The summed E-state index contributed by atoms with van der Waals surface area (Å²) >= 11 is 1.45. The second kappa shape index (κ2) is 7.48. The molecule has 1 aliphatic heterocycles. The lowest BCUT2D eigenvalue weighted by atomic mass is 10.2. The number of hydrogen-bond acceptors (Lipinski definition) is 4. The van der Waals surface area contributed by atoms with Crippen LogP contribution in [0.1, 0.15) is 27.4 Å². The monoisotopic (exact) mass is 357 g/mol. The van der Waals surface area contributed by atoms with E-state index in [4.69, 9.17) is 0 Å². The molecular weight excluding hydrogens is 338 g/mol. The van der Waals surface area contributed by atoms with Crippen molar-refractivity contribution in [2.45, 2.75) is 19.8 Å². The second-order valence-electron chi connectivity index (χ2n) is 5.81. The molecule has 1 fully saturated rings. The number of rotatable bonds is 6. The molecule has 2 N–H and O–H groups in total. The van der Waals surface area contributed by atoms with Crippen LogP contribution in [-0.4, -0.2) is 30.8 Å². The summed E-state index contributed by atoms with van der Waals surface area (Å²) in [5, 5.41) is 5.52. The van der Waals surface area contributed by atoms with Gasteiger partial charge in [-0.2, -0.15) is 0 Å². The largest absolute Gasteiger partial charge is 0.336 e. The minimum absolute atomic E-state index is 0.0105. The third kappa shape index (κ3) is 4.24. The maximum Gasteiger partial charge on any atom is 0.321 e. The highest BCUT2D eigenvalue weighted by Gasteiger charge is 2.20. The van der Waals surface area contributed by atoms with Gasteiger partial charge in [0.25, 0.3) is 0 Å². The Kier molecular flexibility index (Phi) is 5.14. The number of nitrogens with one attached hydrogen (secondary N) is 2. The van der Waals surface area contributed by atoms with Gasteiger partial charge >= 0.3 is 6.03 Å². The van der Waals surface area contributed by atoms with E-state index in [1.807, 2.05) is 13.0 Å². The van der Waals surface area contributed by atoms with Crippen LogP contribution < -0.4 is 15.5 Å². The molecule has 2 heterocycles. The van der Waals surface area contributed by atoms with Gasteiger partial charge in [-0.05, 0) is 43.3 Å². The number of aryl methyl sites for hydroxylation is 1. The van der Waals surface area contributed by atoms with E-state index in [2.05, 4.69) is 10.6 Å². The molecule has 2 aromatic rings. The Morgan fingerprint density at radius 3 is 2.52 bits per heavy atom. The highest BCUT2D eigenvalue weighted by molar-refractivity contribution is 7.14. The number of carbonyl (C=O) groups excluding carboxylic acids is 3. The van der Waals surface area contributed by atoms with Crippen molar-refractivity contribution in [3.05, 3.63) is 46.2 Å². The Bertz CT molecular complexity index is 798. The number of thiophene rings is 1. The Balaban J connectivity index is 1.51. The van der Waals surface area contributed by atoms with Gasteiger partial charge < -0.3 is 10.6 Å². The second-order valence-corrected chi connectivity index (χ2v) is 7.10. The lowest BCUT2D eigenvalue weighted by molar-refractivity contribution is -0.116. The molecular formula is C18H19N3O3S. The average molecular weight is 357 g/mol. The fourth-order valence-electron chi connectivity index (χ4n) is 2.60. The summed E-state index contributed by atoms with van der Waals surface area (Å²) in [4.78, 5) is 39.1. The summed E-state index contributed by atoms with van der Waals surface area (Å²) in [5.74, 6) is -0.211. The van der Waals surface area contributed by atoms with Gasteiger partial charge in [-0.1, -0.05) is 0 Å². The zero-order chi connectivity index (χ0) is 17.8. The lowest BCUT2D eigenvalue weighted by Gasteiger charge is -2.14. The fraction of sp³-hybridized carbons (Fsp3) is 0.278. The molecule has 0 spiro atoms. The molecule has 0 radical (unpaired) electrons. The molecule has 0 aliphatic carbocycles. The van der Waals surface area contributed by atoms with E-state index in [0.717, 1.165) is 10.6 Å². The molecule has 0 atom stereocenters. The van der Waals surface area contributed by atoms with Gasteiger partial charge in [0.2, 0.25) is 5.91 Å². The Morgan fingerprint density at radius 1 is 1.16 bits per heavy atom. The number of urea groups is 1. The molecule has 25 heavy (non-hydrogen) atoms. The molecule has 6 nitrogen and oxygen atoms in total. The Morgan fingerprint density at radius 2 is 1.92 bits per heavy atom. The summed E-state index contributed by atoms with van der Waals surface area (Å²) in [6.07, 6.45) is 0.337. The van der Waals surface area contributed by atoms with E-state index in [0.29, 0.717) is 23.7 Å². The van der Waals surface area contributed by atoms with E-state index >= 15 is 0 Å². The van der Waals surface area contributed by atoms with Gasteiger partial charge in [-0.25, -0.2) is 4.79 Å². The van der Waals surface area contributed by atoms with Crippen LogP contribution in [0.4, 0.5) is 16.2 Å². The number of amides is 3. The fourth-order valence-corrected chi connectivity index (χ4v) is 3.44. The van der Waals surface area contributed by atoms with Gasteiger partial charge in [0.05, 0.1) is 4.88 Å². The lowest BCUT2D eigenvalue weighted by Crippen LogP contribution is -2.27. The van der Waals surface area contributed by atoms with E-state index < -0.39 is 0 Å². The van der Waals surface area contributed by atoms with Crippen LogP contribution in [0.5, 0.6) is 0 Å². The van der Waals surface area contributed by atoms with E-state index in [1.165, 1.54) is 11.3 Å². The SMILES string of the molecule is Cc1ccc(C(=O)CCC(=O)Nc2ccc(N3CCNC3=O)cc2)s1. The standard InChI is InChI=1S/C18H19N3O3S/c1-12-2-8-16(25-12)15(22)7-9-17(23)20-13-3-5-14(6-4-13)21-11-10-19-18(21)24/h2-6,8H,7,9-11H2,1H3,(H,19,24)(H,20,23). The molecule has 0 saturated carbocycles. The van der Waals surface area contributed by atoms with Crippen molar-refractivity contribution in [3.63, 3.8) is 0 Å². The number of ketones is 1. The van der Waals surface area contributed by atoms with Crippen molar-refractivity contribution in [2.24, 2.45) is 0 Å². The normalized spacial score (nSPS) is 13.6. The third-order valence-corrected chi connectivity index (χ3v) is 4.96. The van der Waals surface area contributed by atoms with Crippen molar-refractivity contribution in [3.8, 4) is 0 Å². The summed E-state index contributed by atoms with van der Waals surface area (Å²) in [6.45, 7) is 3.22. The summed E-state index contributed by atoms with van der Waals surface area (Å²) in [6, 6.07) is 10.7. The molecule has 7 heteroatoms. The van der Waals surface area contributed by atoms with Crippen LogP contribution in [-0.2, 0) is 4.79 Å². The van der Waals surface area contributed by atoms with Crippen molar-refractivity contribution >= 4 is 40.4 Å². The van der Waals surface area contributed by atoms with Crippen LogP contribution in [0.2, 0.25) is 0 Å². The summed E-state index contributed by atoms with van der Waals surface area (Å²) in [5.41, 5.74) is 1.43. The number of anilines is 2. The molecule has 1 aliphatic rings. The van der Waals surface area contributed by atoms with Crippen molar-refractivity contribution in [1.29, 1.82) is 0 Å². The first-order valence-corrected chi connectivity index (χ1v) is 8.89. The number of hydrogen-bond donors (Lipinski definition) is 2. The third-order valence-electron chi connectivity index (χ3n) is 3.91. The molecule has 0 unspecified atom stereocenters. The van der Waals surface area contributed by atoms with Crippen LogP contribution >= 0.6 is 11.3 Å². The molecule has 3 rings (SSSR count). The van der Waals surface area contributed by atoms with Crippen molar-refractivity contribution in [1.82, 2.24) is 5.32 Å². The smallest absolute Gasteiger partial charge is 0.321 e. The number of carbonyl (C=O) groups is 3. The van der Waals surface area contributed by atoms with Crippen LogP contribution in [0.3, 0.4) is 0 Å². The van der Waals surface area contributed by atoms with Crippen molar-refractivity contribution < 1.29 is 14.4 Å². The van der Waals surface area contributed by atoms with Gasteiger partial charge in [-0.3, -0.25) is 14.5 Å². The zero-order valence-electron chi connectivity index (χ0n) is 13.9. The Hall–Kier alpha value is -2.67. The first kappa shape index (κ1) is 17.2. The molecule has 0 bridgehead atoms. The molecule has 130 valence electrons. The van der Waals surface area contributed by atoms with Gasteiger partial charge in [0.1, 0.15) is 0 Å². The zero-order valence-corrected chi connectivity index (χ0v) is 14.7. The average Bonchev–Trinajstić information content (AvgIpc) is 3.22. The summed E-state index contributed by atoms with van der Waals surface area (Å²) in [7, 11) is 0. The summed E-state index contributed by atoms with van der Waals surface area (Å²) < 4.78 is 0. The highest BCUT2D eigenvalue weighted by Crippen LogP contribution is 2.20. The van der Waals surface area contributed by atoms with E-state index in [9.17, 15) is 14.4 Å². The molecule has 3 amide bonds. The van der Waals surface area contributed by atoms with Gasteiger partial charge in [0, 0.05) is 42.2 Å². The molecule has 1 aromatic heterocycles. The van der Waals surface area contributed by atoms with Crippen LogP contribution in [0.25, 0.3) is 0 Å².